The molecule has 2 fully saturated rings. The molecule has 0 radical (unpaired) electrons. The lowest BCUT2D eigenvalue weighted by Gasteiger charge is -2.30. The Balaban J connectivity index is 1.67. The van der Waals surface area contributed by atoms with Crippen molar-refractivity contribution in [1.29, 1.82) is 0 Å². The molecule has 0 N–H and O–H groups in total. The van der Waals surface area contributed by atoms with Crippen molar-refractivity contribution in [3.63, 3.8) is 0 Å². The van der Waals surface area contributed by atoms with Crippen LogP contribution in [0, 0.1) is 11.8 Å². The fourth-order valence-electron chi connectivity index (χ4n) is 4.29. The van der Waals surface area contributed by atoms with Crippen molar-refractivity contribution in [1.82, 2.24) is 10.0 Å². The van der Waals surface area contributed by atoms with Gasteiger partial charge in [-0.25, -0.2) is 5.01 Å². The summed E-state index contributed by atoms with van der Waals surface area (Å²) in [5.41, 5.74) is 0.534. The zero-order valence-electron chi connectivity index (χ0n) is 18.1. The molecule has 3 amide bonds. The Morgan fingerprint density at radius 2 is 1.44 bits per heavy atom. The van der Waals surface area contributed by atoms with E-state index in [2.05, 4.69) is 31.9 Å². The van der Waals surface area contributed by atoms with Gasteiger partial charge in [0, 0.05) is 25.8 Å². The maximum absolute atomic E-state index is 13.5. The van der Waals surface area contributed by atoms with Gasteiger partial charge < -0.3 is 4.74 Å². The number of imide groups is 1. The summed E-state index contributed by atoms with van der Waals surface area (Å²) in [5.74, 6) is -2.52. The molecular formula is C24H21Br2ClN2O5. The molecule has 4 rings (SSSR count). The zero-order valence-corrected chi connectivity index (χ0v) is 22.0. The number of fused-ring (bicyclic) bond motifs is 1. The van der Waals surface area contributed by atoms with Gasteiger partial charge in [-0.2, -0.15) is 5.01 Å². The third-order valence-electron chi connectivity index (χ3n) is 6.16. The molecule has 1 heterocycles. The highest BCUT2D eigenvalue weighted by molar-refractivity contribution is 9.12. The van der Waals surface area contributed by atoms with E-state index in [-0.39, 0.29) is 15.2 Å². The van der Waals surface area contributed by atoms with Crippen LogP contribution >= 0.6 is 43.5 Å². The maximum atomic E-state index is 13.5. The average molecular weight is 613 g/mol. The lowest BCUT2D eigenvalue weighted by Crippen LogP contribution is -2.52. The Bertz CT molecular complexity index is 1100. The van der Waals surface area contributed by atoms with Gasteiger partial charge in [-0.3, -0.25) is 19.2 Å². The Kier molecular flexibility index (Phi) is 7.45. The van der Waals surface area contributed by atoms with E-state index in [1.54, 1.807) is 24.3 Å². The number of hydrazine groups is 1. The molecule has 1 aliphatic heterocycles. The van der Waals surface area contributed by atoms with E-state index in [1.807, 2.05) is 0 Å². The predicted molar refractivity (Wildman–Crippen MR) is 133 cm³/mol. The number of Topliss-reactive ketones (excluding diaryl/α,β-unsaturated/α-hetero) is 1. The molecule has 7 nitrogen and oxygen atoms in total. The molecule has 2 aliphatic rings. The van der Waals surface area contributed by atoms with Gasteiger partial charge in [0.25, 0.3) is 17.7 Å². The number of amides is 3. The fourth-order valence-corrected chi connectivity index (χ4v) is 5.66. The second kappa shape index (κ2) is 10.2. The highest BCUT2D eigenvalue weighted by Gasteiger charge is 2.54. The summed E-state index contributed by atoms with van der Waals surface area (Å²) in [6.07, 6.45) is 0.911. The molecule has 1 saturated carbocycles. The number of rotatable bonds is 6. The molecular weight excluding hydrogens is 592 g/mol. The number of carbonyl (C=O) groups is 4. The number of nitrogens with zero attached hydrogens (tertiary/aromatic N) is 2. The minimum atomic E-state index is -0.635. The average Bonchev–Trinajstić information content (AvgIpc) is 3.07. The highest BCUT2D eigenvalue weighted by atomic mass is 79.9. The summed E-state index contributed by atoms with van der Waals surface area (Å²) in [4.78, 5) is 53.4. The second-order valence-corrected chi connectivity index (χ2v) is 11.0. The van der Waals surface area contributed by atoms with Crippen LogP contribution in [0.2, 0.25) is 5.02 Å². The number of methoxy groups -OCH3 is 1. The fraction of sp³-hybridized carbons (Fsp3) is 0.333. The van der Waals surface area contributed by atoms with Gasteiger partial charge in [-0.1, -0.05) is 43.5 Å². The van der Waals surface area contributed by atoms with Crippen LogP contribution in [0.1, 0.15) is 33.6 Å². The third kappa shape index (κ3) is 4.78. The number of halogens is 3. The summed E-state index contributed by atoms with van der Waals surface area (Å²) in [5, 5.41) is 2.27. The first-order valence-electron chi connectivity index (χ1n) is 10.6. The van der Waals surface area contributed by atoms with E-state index < -0.39 is 41.9 Å². The number of ketones is 1. The smallest absolute Gasteiger partial charge is 0.273 e. The monoisotopic (exact) mass is 610 g/mol. The van der Waals surface area contributed by atoms with Gasteiger partial charge in [0.05, 0.1) is 18.9 Å². The number of hydrogen-bond donors (Lipinski definition) is 0. The SMILES string of the molecule is COc1ccc(C(=O)CN(C(=O)c2ccc(Cl)cc2)N2C(=O)[C@@H]3C[C@@H](Br)[C@@H](Br)C[C@H]3C2=O)cc1. The first-order valence-corrected chi connectivity index (χ1v) is 12.8. The van der Waals surface area contributed by atoms with Crippen LogP contribution in [0.15, 0.2) is 48.5 Å². The van der Waals surface area contributed by atoms with Gasteiger partial charge >= 0.3 is 0 Å². The second-order valence-electron chi connectivity index (χ2n) is 8.23. The minimum Gasteiger partial charge on any atom is -0.497 e. The van der Waals surface area contributed by atoms with E-state index >= 15 is 0 Å². The van der Waals surface area contributed by atoms with Crippen LogP contribution in [0.3, 0.4) is 0 Å². The number of benzene rings is 2. The van der Waals surface area contributed by atoms with E-state index in [0.717, 1.165) is 10.0 Å². The van der Waals surface area contributed by atoms with Crippen LogP contribution in [0.25, 0.3) is 0 Å². The van der Waals surface area contributed by atoms with Crippen molar-refractivity contribution < 1.29 is 23.9 Å². The molecule has 0 bridgehead atoms. The summed E-state index contributed by atoms with van der Waals surface area (Å²) >= 11 is 13.1. The van der Waals surface area contributed by atoms with Crippen molar-refractivity contribution in [3.8, 4) is 5.75 Å². The Morgan fingerprint density at radius 1 is 0.941 bits per heavy atom. The molecule has 4 atom stereocenters. The van der Waals surface area contributed by atoms with Gasteiger partial charge in [0.1, 0.15) is 12.3 Å². The number of alkyl halides is 2. The van der Waals surface area contributed by atoms with E-state index in [9.17, 15) is 19.2 Å². The van der Waals surface area contributed by atoms with E-state index in [0.29, 0.717) is 29.2 Å². The van der Waals surface area contributed by atoms with Gasteiger partial charge in [-0.15, -0.1) is 0 Å². The summed E-state index contributed by atoms with van der Waals surface area (Å²) < 4.78 is 5.12. The topological polar surface area (TPSA) is 84.0 Å². The molecule has 34 heavy (non-hydrogen) atoms. The minimum absolute atomic E-state index is 0.0202. The molecule has 2 aromatic carbocycles. The molecule has 1 aliphatic carbocycles. The van der Waals surface area contributed by atoms with Crippen molar-refractivity contribution in [2.75, 3.05) is 13.7 Å². The Hall–Kier alpha value is -2.23. The quantitative estimate of drug-likeness (QED) is 0.273. The first kappa shape index (κ1) is 24.9. The standard InChI is InChI=1S/C24H21Br2ClN2O5/c1-34-16-8-4-13(5-9-16)21(30)12-28(22(31)14-2-6-15(27)7-3-14)29-23(32)17-10-19(25)20(26)11-18(17)24(29)33/h2-9,17-20H,10-12H2,1H3/t17-,18-,19-,20+/m1/s1. The first-order chi connectivity index (χ1) is 16.2. The number of ether oxygens (including phenoxy) is 1. The van der Waals surface area contributed by atoms with Crippen molar-refractivity contribution in [2.45, 2.75) is 22.5 Å². The van der Waals surface area contributed by atoms with Crippen molar-refractivity contribution in [2.24, 2.45) is 11.8 Å². The van der Waals surface area contributed by atoms with E-state index in [1.165, 1.54) is 31.4 Å². The number of carbonyl (C=O) groups excluding carboxylic acids is 4. The molecule has 178 valence electrons. The largest absolute Gasteiger partial charge is 0.497 e. The zero-order chi connectivity index (χ0) is 24.6. The van der Waals surface area contributed by atoms with E-state index in [4.69, 9.17) is 16.3 Å². The molecule has 0 aromatic heterocycles. The van der Waals surface area contributed by atoms with Crippen LogP contribution in [-0.2, 0) is 9.59 Å². The normalized spacial score (nSPS) is 24.1. The molecule has 0 spiro atoms. The predicted octanol–water partition coefficient (Wildman–Crippen LogP) is 4.51. The van der Waals surface area contributed by atoms with Gasteiger partial charge in [0.15, 0.2) is 5.78 Å². The molecule has 1 saturated heterocycles. The number of hydrogen-bond acceptors (Lipinski definition) is 5. The van der Waals surface area contributed by atoms with Crippen molar-refractivity contribution >= 4 is 67.0 Å². The molecule has 0 unspecified atom stereocenters. The van der Waals surface area contributed by atoms with Gasteiger partial charge in [0.2, 0.25) is 0 Å². The highest BCUT2D eigenvalue weighted by Crippen LogP contribution is 2.43. The van der Waals surface area contributed by atoms with Gasteiger partial charge in [-0.05, 0) is 61.4 Å². The van der Waals surface area contributed by atoms with Crippen LogP contribution in [-0.4, -0.2) is 56.8 Å². The van der Waals surface area contributed by atoms with Crippen LogP contribution < -0.4 is 4.74 Å². The summed E-state index contributed by atoms with van der Waals surface area (Å²) in [7, 11) is 1.52. The van der Waals surface area contributed by atoms with Crippen LogP contribution in [0.4, 0.5) is 0 Å². The third-order valence-corrected chi connectivity index (χ3v) is 9.15. The Morgan fingerprint density at radius 3 is 1.94 bits per heavy atom. The maximum Gasteiger partial charge on any atom is 0.273 e. The van der Waals surface area contributed by atoms with Crippen molar-refractivity contribution in [3.05, 3.63) is 64.7 Å². The molecule has 2 aromatic rings. The molecule has 10 heteroatoms. The lowest BCUT2D eigenvalue weighted by atomic mass is 9.81. The lowest BCUT2D eigenvalue weighted by molar-refractivity contribution is -0.154. The Labute approximate surface area is 218 Å². The van der Waals surface area contributed by atoms with Crippen LogP contribution in [0.5, 0.6) is 5.75 Å². The summed E-state index contributed by atoms with van der Waals surface area (Å²) in [6.45, 7) is -0.472. The summed E-state index contributed by atoms with van der Waals surface area (Å²) in [6, 6.07) is 12.5.